The number of rotatable bonds is 1. The van der Waals surface area contributed by atoms with Crippen molar-refractivity contribution in [1.82, 2.24) is 4.90 Å². The van der Waals surface area contributed by atoms with Crippen LogP contribution in [0.15, 0.2) is 24.3 Å². The number of phenols is 1. The van der Waals surface area contributed by atoms with Crippen LogP contribution in [-0.2, 0) is 10.2 Å². The first-order valence-electron chi connectivity index (χ1n) is 7.10. The van der Waals surface area contributed by atoms with Gasteiger partial charge in [0.15, 0.2) is 0 Å². The average molecular weight is 259 g/mol. The Kier molecular flexibility index (Phi) is 3.09. The van der Waals surface area contributed by atoms with Crippen molar-refractivity contribution in [3.8, 4) is 5.75 Å². The number of piperidine rings is 1. The number of carbonyl (C=O) groups is 1. The van der Waals surface area contributed by atoms with E-state index in [-0.39, 0.29) is 5.41 Å². The molecule has 0 amide bonds. The lowest BCUT2D eigenvalue weighted by Crippen LogP contribution is -2.52. The molecule has 1 aliphatic carbocycles. The highest BCUT2D eigenvalue weighted by molar-refractivity contribution is 5.81. The number of hydrogen-bond acceptors (Lipinski definition) is 3. The maximum atomic E-state index is 12.0. The highest BCUT2D eigenvalue weighted by Crippen LogP contribution is 2.48. The van der Waals surface area contributed by atoms with E-state index in [0.29, 0.717) is 23.9 Å². The quantitative estimate of drug-likeness (QED) is 0.841. The smallest absolute Gasteiger partial charge is 0.133 e. The summed E-state index contributed by atoms with van der Waals surface area (Å²) >= 11 is 0. The lowest BCUT2D eigenvalue weighted by Gasteiger charge is -2.50. The molecule has 1 heterocycles. The molecule has 1 saturated heterocycles. The molecule has 0 aromatic heterocycles. The molecule has 2 unspecified atom stereocenters. The molecule has 2 aliphatic rings. The Labute approximate surface area is 114 Å². The molecule has 0 radical (unpaired) electrons. The average Bonchev–Trinajstić information content (AvgIpc) is 2.39. The minimum Gasteiger partial charge on any atom is -0.508 e. The summed E-state index contributed by atoms with van der Waals surface area (Å²) in [6.45, 7) is 2.09. The summed E-state index contributed by atoms with van der Waals surface area (Å²) in [5.41, 5.74) is 1.11. The number of hydrogen-bond donors (Lipinski definition) is 1. The van der Waals surface area contributed by atoms with E-state index in [1.807, 2.05) is 12.1 Å². The first kappa shape index (κ1) is 12.7. The van der Waals surface area contributed by atoms with Crippen molar-refractivity contribution in [2.24, 2.45) is 5.92 Å². The fourth-order valence-electron chi connectivity index (χ4n) is 3.91. The maximum Gasteiger partial charge on any atom is 0.133 e. The number of nitrogens with zero attached hydrogens (tertiary/aromatic N) is 1. The number of aromatic hydroxyl groups is 1. The monoisotopic (exact) mass is 259 g/mol. The Balaban J connectivity index is 2.02. The lowest BCUT2D eigenvalue weighted by atomic mass is 9.59. The number of fused-ring (bicyclic) bond motifs is 1. The zero-order valence-corrected chi connectivity index (χ0v) is 11.4. The van der Waals surface area contributed by atoms with Gasteiger partial charge in [-0.15, -0.1) is 0 Å². The molecule has 1 N–H and O–H groups in total. The minimum atomic E-state index is -0.0411. The Hall–Kier alpha value is -1.35. The molecule has 3 heteroatoms. The third kappa shape index (κ3) is 2.16. The molecule has 1 aromatic carbocycles. The van der Waals surface area contributed by atoms with Crippen LogP contribution in [0.3, 0.4) is 0 Å². The predicted molar refractivity (Wildman–Crippen MR) is 74.2 cm³/mol. The summed E-state index contributed by atoms with van der Waals surface area (Å²) in [4.78, 5) is 14.3. The molecule has 0 bridgehead atoms. The predicted octanol–water partition coefficient (Wildman–Crippen LogP) is 2.33. The maximum absolute atomic E-state index is 12.0. The number of ketones is 1. The zero-order chi connectivity index (χ0) is 13.5. The fourth-order valence-corrected chi connectivity index (χ4v) is 3.91. The summed E-state index contributed by atoms with van der Waals surface area (Å²) in [6.07, 6.45) is 3.37. The molecule has 19 heavy (non-hydrogen) atoms. The molecule has 102 valence electrons. The van der Waals surface area contributed by atoms with Crippen molar-refractivity contribution in [2.75, 3.05) is 20.1 Å². The number of phenolic OH excluding ortho intramolecular Hbond substituents is 1. The van der Waals surface area contributed by atoms with Gasteiger partial charge in [-0.1, -0.05) is 12.1 Å². The highest BCUT2D eigenvalue weighted by atomic mass is 16.3. The summed E-state index contributed by atoms with van der Waals surface area (Å²) in [6, 6.07) is 7.54. The van der Waals surface area contributed by atoms with Crippen molar-refractivity contribution >= 4 is 5.78 Å². The van der Waals surface area contributed by atoms with E-state index >= 15 is 0 Å². The Morgan fingerprint density at radius 3 is 3.05 bits per heavy atom. The SMILES string of the molecule is CN1CCC2(c3cccc(O)c3)CC(=O)CCC2C1. The van der Waals surface area contributed by atoms with Crippen molar-refractivity contribution in [2.45, 2.75) is 31.1 Å². The first-order chi connectivity index (χ1) is 9.10. The van der Waals surface area contributed by atoms with Crippen LogP contribution in [0, 0.1) is 5.92 Å². The Morgan fingerprint density at radius 1 is 1.42 bits per heavy atom. The number of likely N-dealkylation sites (tertiary alicyclic amines) is 1. The van der Waals surface area contributed by atoms with Crippen molar-refractivity contribution in [3.63, 3.8) is 0 Å². The molecular weight excluding hydrogens is 238 g/mol. The minimum absolute atomic E-state index is 0.0411. The van der Waals surface area contributed by atoms with Gasteiger partial charge in [-0.2, -0.15) is 0 Å². The molecule has 1 saturated carbocycles. The molecule has 2 fully saturated rings. The van der Waals surface area contributed by atoms with Gasteiger partial charge in [0.25, 0.3) is 0 Å². The topological polar surface area (TPSA) is 40.5 Å². The molecular formula is C16H21NO2. The van der Waals surface area contributed by atoms with Crippen molar-refractivity contribution in [3.05, 3.63) is 29.8 Å². The van der Waals surface area contributed by atoms with Crippen LogP contribution in [0.25, 0.3) is 0 Å². The van der Waals surface area contributed by atoms with Gasteiger partial charge < -0.3 is 10.0 Å². The lowest BCUT2D eigenvalue weighted by molar-refractivity contribution is -0.124. The van der Waals surface area contributed by atoms with E-state index in [1.54, 1.807) is 6.07 Å². The van der Waals surface area contributed by atoms with Crippen molar-refractivity contribution < 1.29 is 9.90 Å². The van der Waals surface area contributed by atoms with Gasteiger partial charge >= 0.3 is 0 Å². The van der Waals surface area contributed by atoms with Crippen LogP contribution in [0.5, 0.6) is 5.75 Å². The van der Waals surface area contributed by atoms with Crippen LogP contribution in [0.2, 0.25) is 0 Å². The molecule has 2 atom stereocenters. The van der Waals surface area contributed by atoms with Gasteiger partial charge in [-0.3, -0.25) is 4.79 Å². The fraction of sp³-hybridized carbons (Fsp3) is 0.562. The molecule has 1 aliphatic heterocycles. The molecule has 3 rings (SSSR count). The summed E-state index contributed by atoms with van der Waals surface area (Å²) in [7, 11) is 2.16. The van der Waals surface area contributed by atoms with Crippen LogP contribution in [0.4, 0.5) is 0 Å². The third-order valence-corrected chi connectivity index (χ3v) is 4.96. The summed E-state index contributed by atoms with van der Waals surface area (Å²) in [5, 5.41) is 9.75. The largest absolute Gasteiger partial charge is 0.508 e. The van der Waals surface area contributed by atoms with E-state index in [9.17, 15) is 9.90 Å². The number of Topliss-reactive ketones (excluding diaryl/α,β-unsaturated/α-hetero) is 1. The number of benzene rings is 1. The molecule has 0 spiro atoms. The van der Waals surface area contributed by atoms with Crippen LogP contribution >= 0.6 is 0 Å². The molecule has 1 aromatic rings. The van der Waals surface area contributed by atoms with Gasteiger partial charge in [0.2, 0.25) is 0 Å². The van der Waals surface area contributed by atoms with Gasteiger partial charge in [-0.25, -0.2) is 0 Å². The van der Waals surface area contributed by atoms with Crippen LogP contribution in [0.1, 0.15) is 31.2 Å². The zero-order valence-electron chi connectivity index (χ0n) is 11.4. The van der Waals surface area contributed by atoms with Gasteiger partial charge in [-0.05, 0) is 50.0 Å². The first-order valence-corrected chi connectivity index (χ1v) is 7.10. The third-order valence-electron chi connectivity index (χ3n) is 4.96. The second-order valence-corrected chi connectivity index (χ2v) is 6.17. The van der Waals surface area contributed by atoms with E-state index in [0.717, 1.165) is 37.9 Å². The standard InChI is InChI=1S/C16H21NO2/c1-17-8-7-16(12-3-2-4-14(18)9-12)10-15(19)6-5-13(16)11-17/h2-4,9,13,18H,5-8,10-11H2,1H3. The summed E-state index contributed by atoms with van der Waals surface area (Å²) < 4.78 is 0. The Bertz CT molecular complexity index is 499. The van der Waals surface area contributed by atoms with E-state index in [1.165, 1.54) is 0 Å². The van der Waals surface area contributed by atoms with Gasteiger partial charge in [0.05, 0.1) is 0 Å². The van der Waals surface area contributed by atoms with Gasteiger partial charge in [0, 0.05) is 24.8 Å². The highest BCUT2D eigenvalue weighted by Gasteiger charge is 2.47. The Morgan fingerprint density at radius 2 is 2.26 bits per heavy atom. The normalized spacial score (nSPS) is 32.1. The van der Waals surface area contributed by atoms with Gasteiger partial charge in [0.1, 0.15) is 11.5 Å². The van der Waals surface area contributed by atoms with E-state index in [2.05, 4.69) is 18.0 Å². The van der Waals surface area contributed by atoms with Crippen LogP contribution in [-0.4, -0.2) is 35.9 Å². The number of carbonyl (C=O) groups excluding carboxylic acids is 1. The van der Waals surface area contributed by atoms with Crippen LogP contribution < -0.4 is 0 Å². The van der Waals surface area contributed by atoms with E-state index in [4.69, 9.17) is 0 Å². The van der Waals surface area contributed by atoms with Crippen molar-refractivity contribution in [1.29, 1.82) is 0 Å². The molecule has 3 nitrogen and oxygen atoms in total. The second kappa shape index (κ2) is 4.64. The second-order valence-electron chi connectivity index (χ2n) is 6.17. The summed E-state index contributed by atoms with van der Waals surface area (Å²) in [5.74, 6) is 1.22. The van der Waals surface area contributed by atoms with E-state index < -0.39 is 0 Å².